The number of halogens is 2. The molecule has 2 aromatic heterocycles. The van der Waals surface area contributed by atoms with Gasteiger partial charge in [0, 0.05) is 10.7 Å². The Morgan fingerprint density at radius 1 is 1.28 bits per heavy atom. The van der Waals surface area contributed by atoms with E-state index in [1.165, 1.54) is 24.7 Å². The van der Waals surface area contributed by atoms with Crippen molar-refractivity contribution in [1.29, 1.82) is 0 Å². The fourth-order valence-corrected chi connectivity index (χ4v) is 2.95. The lowest BCUT2D eigenvalue weighted by molar-refractivity contribution is 0.600. The van der Waals surface area contributed by atoms with Crippen molar-refractivity contribution in [2.45, 2.75) is 4.90 Å². The van der Waals surface area contributed by atoms with E-state index in [1.807, 2.05) is 0 Å². The summed E-state index contributed by atoms with van der Waals surface area (Å²) in [6, 6.07) is 1.33. The summed E-state index contributed by atoms with van der Waals surface area (Å²) in [6.45, 7) is 0. The molecule has 0 fully saturated rings. The van der Waals surface area contributed by atoms with Crippen molar-refractivity contribution in [1.82, 2.24) is 20.2 Å². The molecule has 0 saturated carbocycles. The van der Waals surface area contributed by atoms with Gasteiger partial charge in [-0.15, -0.1) is 5.10 Å². The monoisotopic (exact) mass is 349 g/mol. The van der Waals surface area contributed by atoms with Gasteiger partial charge < -0.3 is 0 Å². The molecular weight excluding hydrogens is 346 g/mol. The van der Waals surface area contributed by atoms with Crippen LogP contribution >= 0.6 is 27.5 Å². The maximum Gasteiger partial charge on any atom is 0.267 e. The van der Waals surface area contributed by atoms with Gasteiger partial charge in [0.2, 0.25) is 0 Å². The largest absolute Gasteiger partial charge is 0.267 e. The normalized spacial score (nSPS) is 11.2. The maximum absolute atomic E-state index is 12.0. The van der Waals surface area contributed by atoms with Gasteiger partial charge in [0.1, 0.15) is 10.0 Å². The molecule has 18 heavy (non-hydrogen) atoms. The van der Waals surface area contributed by atoms with E-state index in [0.29, 0.717) is 4.47 Å². The highest BCUT2D eigenvalue weighted by Gasteiger charge is 2.20. The zero-order valence-electron chi connectivity index (χ0n) is 8.58. The number of nitrogens with one attached hydrogen (secondary N) is 1. The van der Waals surface area contributed by atoms with E-state index in [2.05, 4.69) is 40.8 Å². The molecule has 2 heterocycles. The molecule has 0 saturated heterocycles. The quantitative estimate of drug-likeness (QED) is 0.842. The smallest absolute Gasteiger partial charge is 0.246 e. The number of hydrogen-bond acceptors (Lipinski definition) is 6. The first kappa shape index (κ1) is 13.1. The molecule has 0 bridgehead atoms. The number of rotatable bonds is 3. The van der Waals surface area contributed by atoms with Crippen LogP contribution in [-0.4, -0.2) is 28.6 Å². The molecule has 0 unspecified atom stereocenters. The van der Waals surface area contributed by atoms with Crippen molar-refractivity contribution in [2.75, 3.05) is 4.72 Å². The first-order valence-corrected chi connectivity index (χ1v) is 7.12. The van der Waals surface area contributed by atoms with Crippen LogP contribution in [0.15, 0.2) is 34.0 Å². The minimum Gasteiger partial charge on any atom is -0.246 e. The first-order chi connectivity index (χ1) is 8.49. The molecule has 0 aliphatic rings. The molecule has 0 amide bonds. The second-order valence-electron chi connectivity index (χ2n) is 3.01. The lowest BCUT2D eigenvalue weighted by Crippen LogP contribution is -2.16. The summed E-state index contributed by atoms with van der Waals surface area (Å²) in [5.74, 6) is -0.145. The Morgan fingerprint density at radius 2 is 2.06 bits per heavy atom. The van der Waals surface area contributed by atoms with E-state index in [0.717, 1.165) is 0 Å². The minimum atomic E-state index is -3.91. The van der Waals surface area contributed by atoms with Crippen LogP contribution in [-0.2, 0) is 10.0 Å². The zero-order valence-corrected chi connectivity index (χ0v) is 11.7. The zero-order chi connectivity index (χ0) is 13.2. The molecule has 0 spiro atoms. The third-order valence-corrected chi connectivity index (χ3v) is 3.96. The number of hydrogen-bond donors (Lipinski definition) is 1. The van der Waals surface area contributed by atoms with E-state index in [9.17, 15) is 8.42 Å². The van der Waals surface area contributed by atoms with Crippen molar-refractivity contribution in [3.63, 3.8) is 0 Å². The van der Waals surface area contributed by atoms with Crippen LogP contribution in [0.4, 0.5) is 5.95 Å². The van der Waals surface area contributed by atoms with Gasteiger partial charge in [0.05, 0.1) is 12.4 Å². The molecule has 0 aliphatic carbocycles. The van der Waals surface area contributed by atoms with Crippen molar-refractivity contribution in [2.24, 2.45) is 0 Å². The van der Waals surface area contributed by atoms with Crippen molar-refractivity contribution < 1.29 is 8.42 Å². The Labute approximate surface area is 116 Å². The molecule has 0 atom stereocenters. The third-order valence-electron chi connectivity index (χ3n) is 1.77. The van der Waals surface area contributed by atoms with Crippen molar-refractivity contribution >= 4 is 43.5 Å². The summed E-state index contributed by atoms with van der Waals surface area (Å²) in [5, 5.41) is 6.88. The highest BCUT2D eigenvalue weighted by atomic mass is 79.9. The van der Waals surface area contributed by atoms with Gasteiger partial charge in [0.15, 0.2) is 0 Å². The Hall–Kier alpha value is -1.32. The van der Waals surface area contributed by atoms with Gasteiger partial charge in [-0.05, 0) is 22.0 Å². The molecular formula is C8H5BrClN5O2S. The number of nitrogens with zero attached hydrogens (tertiary/aromatic N) is 4. The van der Waals surface area contributed by atoms with E-state index in [4.69, 9.17) is 11.6 Å². The van der Waals surface area contributed by atoms with Gasteiger partial charge in [-0.1, -0.05) is 11.6 Å². The van der Waals surface area contributed by atoms with Gasteiger partial charge >= 0.3 is 0 Å². The fourth-order valence-electron chi connectivity index (χ4n) is 1.06. The topological polar surface area (TPSA) is 97.7 Å². The molecule has 94 valence electrons. The summed E-state index contributed by atoms with van der Waals surface area (Å²) >= 11 is 8.86. The average Bonchev–Trinajstić information content (AvgIpc) is 2.33. The Morgan fingerprint density at radius 3 is 2.72 bits per heavy atom. The van der Waals surface area contributed by atoms with Gasteiger partial charge in [-0.25, -0.2) is 23.1 Å². The highest BCUT2D eigenvalue weighted by Crippen LogP contribution is 2.23. The number of pyridine rings is 1. The summed E-state index contributed by atoms with van der Waals surface area (Å²) in [5.41, 5.74) is 0. The maximum atomic E-state index is 12.0. The SMILES string of the molecule is O=S(=O)(Nc1nccnn1)c1cc(Br)cnc1Cl. The lowest BCUT2D eigenvalue weighted by Gasteiger charge is -2.07. The summed E-state index contributed by atoms with van der Waals surface area (Å²) in [7, 11) is -3.91. The highest BCUT2D eigenvalue weighted by molar-refractivity contribution is 9.10. The van der Waals surface area contributed by atoms with Gasteiger partial charge in [-0.2, -0.15) is 5.10 Å². The Balaban J connectivity index is 2.40. The van der Waals surface area contributed by atoms with E-state index in [1.54, 1.807) is 0 Å². The summed E-state index contributed by atoms with van der Waals surface area (Å²) in [6.07, 6.45) is 4.03. The second kappa shape index (κ2) is 5.12. The predicted octanol–water partition coefficient (Wildman–Crippen LogP) is 1.48. The Kier molecular flexibility index (Phi) is 3.73. The van der Waals surface area contributed by atoms with Crippen molar-refractivity contribution in [3.05, 3.63) is 34.3 Å². The molecule has 2 rings (SSSR count). The Bertz CT molecular complexity index is 666. The molecule has 0 aliphatic heterocycles. The lowest BCUT2D eigenvalue weighted by atomic mass is 10.5. The fraction of sp³-hybridized carbons (Fsp3) is 0. The molecule has 10 heteroatoms. The number of sulfonamides is 1. The van der Waals surface area contributed by atoms with Crippen LogP contribution in [0.2, 0.25) is 5.15 Å². The molecule has 0 aromatic carbocycles. The van der Waals surface area contributed by atoms with Crippen LogP contribution in [0.25, 0.3) is 0 Å². The standard InChI is InChI=1S/C8H5BrClN5O2S/c9-5-3-6(7(10)12-4-5)18(16,17)15-8-11-1-2-13-14-8/h1-4H,(H,11,14,15). The number of anilines is 1. The van der Waals surface area contributed by atoms with E-state index in [-0.39, 0.29) is 16.0 Å². The molecule has 2 aromatic rings. The van der Waals surface area contributed by atoms with Gasteiger partial charge in [-0.3, -0.25) is 0 Å². The van der Waals surface area contributed by atoms with E-state index < -0.39 is 10.0 Å². The second-order valence-corrected chi connectivity index (χ2v) is 5.94. The van der Waals surface area contributed by atoms with Crippen molar-refractivity contribution in [3.8, 4) is 0 Å². The first-order valence-electron chi connectivity index (χ1n) is 4.46. The summed E-state index contributed by atoms with van der Waals surface area (Å²) in [4.78, 5) is 7.26. The van der Waals surface area contributed by atoms with E-state index >= 15 is 0 Å². The van der Waals surface area contributed by atoms with Gasteiger partial charge in [0.25, 0.3) is 16.0 Å². The van der Waals surface area contributed by atoms with Crippen LogP contribution in [0.1, 0.15) is 0 Å². The third kappa shape index (κ3) is 2.92. The molecule has 7 nitrogen and oxygen atoms in total. The minimum absolute atomic E-state index is 0.144. The van der Waals surface area contributed by atoms with Crippen LogP contribution in [0.3, 0.4) is 0 Å². The van der Waals surface area contributed by atoms with Crippen LogP contribution < -0.4 is 4.72 Å². The predicted molar refractivity (Wildman–Crippen MR) is 67.6 cm³/mol. The molecule has 0 radical (unpaired) electrons. The van der Waals surface area contributed by atoms with Crippen LogP contribution in [0.5, 0.6) is 0 Å². The number of aromatic nitrogens is 4. The van der Waals surface area contributed by atoms with Crippen LogP contribution in [0, 0.1) is 0 Å². The average molecular weight is 351 g/mol. The summed E-state index contributed by atoms with van der Waals surface area (Å²) < 4.78 is 26.7. The molecule has 1 N–H and O–H groups in total.